The van der Waals surface area contributed by atoms with Crippen molar-refractivity contribution < 1.29 is 4.74 Å². The molecule has 2 rings (SSSR count). The Hall–Kier alpha value is -0.570. The Morgan fingerprint density at radius 3 is 2.94 bits per heavy atom. The summed E-state index contributed by atoms with van der Waals surface area (Å²) in [5.74, 6) is 1.50. The van der Waals surface area contributed by atoms with Gasteiger partial charge in [-0.25, -0.2) is 0 Å². The molecule has 1 aliphatic rings. The molecule has 2 atom stereocenters. The summed E-state index contributed by atoms with van der Waals surface area (Å²) in [6.45, 7) is 0. The smallest absolute Gasteiger partial charge is 0.137 e. The molecular weight excluding hydrogens is 266 g/mol. The number of halogens is 1. The molecule has 2 nitrogen and oxygen atoms in total. The van der Waals surface area contributed by atoms with E-state index in [4.69, 9.17) is 4.74 Å². The number of pyridine rings is 1. The first-order valence-electron chi connectivity index (χ1n) is 5.92. The Kier molecular flexibility index (Phi) is 4.22. The Morgan fingerprint density at radius 2 is 2.12 bits per heavy atom. The molecule has 1 aromatic rings. The van der Waals surface area contributed by atoms with Crippen LogP contribution < -0.4 is 4.74 Å². The lowest BCUT2D eigenvalue weighted by molar-refractivity contribution is 0.411. The van der Waals surface area contributed by atoms with Crippen LogP contribution in [-0.2, 0) is 0 Å². The standard InChI is InChI=1S/C13H18BrNO/c1-16-13-7-11(8-15-9-13)10-4-2-3-5-12(14)6-10/h7-10,12H,2-6H2,1H3. The van der Waals surface area contributed by atoms with Crippen LogP contribution in [0.5, 0.6) is 5.75 Å². The number of ether oxygens (including phenoxy) is 1. The zero-order valence-electron chi connectivity index (χ0n) is 9.66. The van der Waals surface area contributed by atoms with Gasteiger partial charge in [0.25, 0.3) is 0 Å². The van der Waals surface area contributed by atoms with E-state index in [9.17, 15) is 0 Å². The minimum atomic E-state index is 0.634. The topological polar surface area (TPSA) is 22.1 Å². The average Bonchev–Trinajstić information content (AvgIpc) is 2.54. The third kappa shape index (κ3) is 2.97. The fourth-order valence-electron chi connectivity index (χ4n) is 2.37. The maximum atomic E-state index is 5.23. The van der Waals surface area contributed by atoms with Crippen molar-refractivity contribution in [1.29, 1.82) is 0 Å². The van der Waals surface area contributed by atoms with Crippen LogP contribution in [0.4, 0.5) is 0 Å². The molecular formula is C13H18BrNO. The van der Waals surface area contributed by atoms with Crippen LogP contribution in [0.15, 0.2) is 18.5 Å². The molecule has 0 radical (unpaired) electrons. The summed E-state index contributed by atoms with van der Waals surface area (Å²) in [7, 11) is 1.70. The summed E-state index contributed by atoms with van der Waals surface area (Å²) in [4.78, 5) is 4.90. The van der Waals surface area contributed by atoms with Crippen LogP contribution >= 0.6 is 15.9 Å². The maximum Gasteiger partial charge on any atom is 0.137 e. The molecule has 0 saturated heterocycles. The minimum absolute atomic E-state index is 0.634. The molecule has 1 aliphatic carbocycles. The molecule has 1 fully saturated rings. The lowest BCUT2D eigenvalue weighted by Crippen LogP contribution is -2.04. The quantitative estimate of drug-likeness (QED) is 0.607. The zero-order valence-corrected chi connectivity index (χ0v) is 11.2. The fourth-order valence-corrected chi connectivity index (χ4v) is 3.15. The molecule has 0 bridgehead atoms. The first-order chi connectivity index (χ1) is 7.79. The summed E-state index contributed by atoms with van der Waals surface area (Å²) in [6.07, 6.45) is 10.2. The lowest BCUT2D eigenvalue weighted by atomic mass is 9.93. The average molecular weight is 284 g/mol. The van der Waals surface area contributed by atoms with Gasteiger partial charge in [-0.15, -0.1) is 0 Å². The molecule has 0 N–H and O–H groups in total. The highest BCUT2D eigenvalue weighted by molar-refractivity contribution is 9.09. The maximum absolute atomic E-state index is 5.23. The molecule has 0 amide bonds. The van der Waals surface area contributed by atoms with Gasteiger partial charge < -0.3 is 4.74 Å². The molecule has 0 spiro atoms. The SMILES string of the molecule is COc1cncc(C2CCCCC(Br)C2)c1. The van der Waals surface area contributed by atoms with Gasteiger partial charge in [0.05, 0.1) is 13.3 Å². The van der Waals surface area contributed by atoms with E-state index in [2.05, 4.69) is 27.0 Å². The van der Waals surface area contributed by atoms with Gasteiger partial charge in [-0.05, 0) is 36.8 Å². The fraction of sp³-hybridized carbons (Fsp3) is 0.615. The van der Waals surface area contributed by atoms with Gasteiger partial charge in [0, 0.05) is 11.0 Å². The Bertz CT molecular complexity index is 342. The number of nitrogens with zero attached hydrogens (tertiary/aromatic N) is 1. The van der Waals surface area contributed by atoms with Crippen LogP contribution in [0.2, 0.25) is 0 Å². The van der Waals surface area contributed by atoms with Gasteiger partial charge in [-0.1, -0.05) is 28.8 Å². The number of hydrogen-bond acceptors (Lipinski definition) is 2. The van der Waals surface area contributed by atoms with E-state index in [0.29, 0.717) is 10.7 Å². The number of rotatable bonds is 2. The van der Waals surface area contributed by atoms with E-state index < -0.39 is 0 Å². The molecule has 1 saturated carbocycles. The highest BCUT2D eigenvalue weighted by atomic mass is 79.9. The molecule has 1 aromatic heterocycles. The number of hydrogen-bond donors (Lipinski definition) is 0. The van der Waals surface area contributed by atoms with Crippen molar-refractivity contribution in [1.82, 2.24) is 4.98 Å². The lowest BCUT2D eigenvalue weighted by Gasteiger charge is -2.16. The number of aromatic nitrogens is 1. The summed E-state index contributed by atoms with van der Waals surface area (Å²) in [5.41, 5.74) is 1.32. The normalized spacial score (nSPS) is 26.1. The van der Waals surface area contributed by atoms with Gasteiger partial charge in [0.2, 0.25) is 0 Å². The molecule has 0 aromatic carbocycles. The predicted octanol–water partition coefficient (Wildman–Crippen LogP) is 3.90. The van der Waals surface area contributed by atoms with Crippen LogP contribution in [0.3, 0.4) is 0 Å². The highest BCUT2D eigenvalue weighted by Gasteiger charge is 2.20. The van der Waals surface area contributed by atoms with Gasteiger partial charge in [0.1, 0.15) is 5.75 Å². The second kappa shape index (κ2) is 5.67. The predicted molar refractivity (Wildman–Crippen MR) is 69.3 cm³/mol. The van der Waals surface area contributed by atoms with Gasteiger partial charge in [-0.3, -0.25) is 4.98 Å². The van der Waals surface area contributed by atoms with Crippen molar-refractivity contribution in [2.75, 3.05) is 7.11 Å². The third-order valence-corrected chi connectivity index (χ3v) is 4.13. The van der Waals surface area contributed by atoms with Crippen LogP contribution in [0.25, 0.3) is 0 Å². The van der Waals surface area contributed by atoms with Gasteiger partial charge >= 0.3 is 0 Å². The van der Waals surface area contributed by atoms with Crippen LogP contribution in [0.1, 0.15) is 43.6 Å². The van der Waals surface area contributed by atoms with E-state index in [-0.39, 0.29) is 0 Å². The van der Waals surface area contributed by atoms with Crippen molar-refractivity contribution in [2.45, 2.75) is 42.8 Å². The van der Waals surface area contributed by atoms with E-state index >= 15 is 0 Å². The first-order valence-corrected chi connectivity index (χ1v) is 6.84. The summed E-state index contributed by atoms with van der Waals surface area (Å²) >= 11 is 3.76. The van der Waals surface area contributed by atoms with E-state index in [0.717, 1.165) is 5.75 Å². The van der Waals surface area contributed by atoms with Crippen molar-refractivity contribution in [3.8, 4) is 5.75 Å². The number of methoxy groups -OCH3 is 1. The highest BCUT2D eigenvalue weighted by Crippen LogP contribution is 2.35. The third-order valence-electron chi connectivity index (χ3n) is 3.30. The van der Waals surface area contributed by atoms with Crippen LogP contribution in [0, 0.1) is 0 Å². The second-order valence-corrected chi connectivity index (χ2v) is 5.77. The largest absolute Gasteiger partial charge is 0.495 e. The molecule has 88 valence electrons. The van der Waals surface area contributed by atoms with Crippen LogP contribution in [-0.4, -0.2) is 16.9 Å². The molecule has 0 aliphatic heterocycles. The zero-order chi connectivity index (χ0) is 11.4. The Morgan fingerprint density at radius 1 is 1.31 bits per heavy atom. The summed E-state index contributed by atoms with van der Waals surface area (Å²) in [5, 5.41) is 0. The Labute approximate surface area is 106 Å². The second-order valence-electron chi connectivity index (χ2n) is 4.47. The van der Waals surface area contributed by atoms with E-state index in [1.165, 1.54) is 37.7 Å². The van der Waals surface area contributed by atoms with Gasteiger partial charge in [0.15, 0.2) is 0 Å². The minimum Gasteiger partial charge on any atom is -0.495 e. The molecule has 3 heteroatoms. The molecule has 16 heavy (non-hydrogen) atoms. The van der Waals surface area contributed by atoms with Crippen molar-refractivity contribution >= 4 is 15.9 Å². The monoisotopic (exact) mass is 283 g/mol. The molecule has 2 unspecified atom stereocenters. The van der Waals surface area contributed by atoms with Crippen molar-refractivity contribution in [3.63, 3.8) is 0 Å². The van der Waals surface area contributed by atoms with E-state index in [1.54, 1.807) is 13.3 Å². The van der Waals surface area contributed by atoms with Gasteiger partial charge in [-0.2, -0.15) is 0 Å². The van der Waals surface area contributed by atoms with Crippen molar-refractivity contribution in [2.24, 2.45) is 0 Å². The van der Waals surface area contributed by atoms with E-state index in [1.807, 2.05) is 6.20 Å². The summed E-state index contributed by atoms with van der Waals surface area (Å²) < 4.78 is 5.23. The molecule has 1 heterocycles. The summed E-state index contributed by atoms with van der Waals surface area (Å²) in [6, 6.07) is 2.13. The first kappa shape index (κ1) is 11.9. The Balaban J connectivity index is 2.14. The number of alkyl halides is 1. The van der Waals surface area contributed by atoms with Crippen molar-refractivity contribution in [3.05, 3.63) is 24.0 Å².